The Morgan fingerprint density at radius 2 is 1.88 bits per heavy atom. The van der Waals surface area contributed by atoms with Gasteiger partial charge in [0.1, 0.15) is 11.9 Å². The van der Waals surface area contributed by atoms with Crippen LogP contribution in [0.25, 0.3) is 0 Å². The highest BCUT2D eigenvalue weighted by molar-refractivity contribution is 7.10. The molecule has 1 N–H and O–H groups in total. The largest absolute Gasteiger partial charge is 0.351 e. The second-order valence-corrected chi connectivity index (χ2v) is 9.31. The summed E-state index contributed by atoms with van der Waals surface area (Å²) < 4.78 is 15.0. The van der Waals surface area contributed by atoms with Crippen molar-refractivity contribution in [2.24, 2.45) is 0 Å². The van der Waals surface area contributed by atoms with Gasteiger partial charge in [-0.3, -0.25) is 14.5 Å². The van der Waals surface area contributed by atoms with Crippen molar-refractivity contribution in [1.29, 1.82) is 0 Å². The molecule has 0 spiro atoms. The van der Waals surface area contributed by atoms with E-state index in [9.17, 15) is 14.0 Å². The van der Waals surface area contributed by atoms with E-state index in [2.05, 4.69) is 5.32 Å². The van der Waals surface area contributed by atoms with E-state index in [1.165, 1.54) is 22.3 Å². The third kappa shape index (κ3) is 5.07. The summed E-state index contributed by atoms with van der Waals surface area (Å²) in [5.74, 6) is -1.09. The first-order valence-corrected chi connectivity index (χ1v) is 11.9. The number of nitrogens with one attached hydrogen (secondary N) is 1. The van der Waals surface area contributed by atoms with Crippen molar-refractivity contribution in [3.63, 3.8) is 0 Å². The fourth-order valence-electron chi connectivity index (χ4n) is 4.31. The summed E-state index contributed by atoms with van der Waals surface area (Å²) in [6, 6.07) is 16.4. The van der Waals surface area contributed by atoms with Gasteiger partial charge in [-0.15, -0.1) is 11.3 Å². The molecule has 1 aliphatic carbocycles. The van der Waals surface area contributed by atoms with Gasteiger partial charge in [-0.05, 0) is 55.0 Å². The lowest BCUT2D eigenvalue weighted by molar-refractivity contribution is -0.127. The van der Waals surface area contributed by atoms with E-state index < -0.39 is 11.9 Å². The highest BCUT2D eigenvalue weighted by Gasteiger charge is 2.35. The molecule has 2 aromatic carbocycles. The summed E-state index contributed by atoms with van der Waals surface area (Å²) in [5, 5.41) is 5.00. The molecule has 1 aliphatic rings. The smallest absolute Gasteiger partial charge is 0.248 e. The maximum atomic E-state index is 15.0. The monoisotopic (exact) mass is 450 g/mol. The molecule has 1 heterocycles. The van der Waals surface area contributed by atoms with Gasteiger partial charge in [0, 0.05) is 22.2 Å². The summed E-state index contributed by atoms with van der Waals surface area (Å²) >= 11 is 1.49. The number of carbonyl (C=O) groups is 2. The number of thiophene rings is 1. The summed E-state index contributed by atoms with van der Waals surface area (Å²) in [5.41, 5.74) is 1.74. The van der Waals surface area contributed by atoms with Crippen LogP contribution < -0.4 is 10.2 Å². The van der Waals surface area contributed by atoms with Gasteiger partial charge in [0.25, 0.3) is 0 Å². The molecule has 0 bridgehead atoms. The molecule has 0 radical (unpaired) electrons. The lowest BCUT2D eigenvalue weighted by Crippen LogP contribution is -2.47. The van der Waals surface area contributed by atoms with Gasteiger partial charge in [0.15, 0.2) is 0 Å². The molecule has 2 amide bonds. The second kappa shape index (κ2) is 10.1. The first-order valence-electron chi connectivity index (χ1n) is 11.0. The lowest BCUT2D eigenvalue weighted by Gasteiger charge is -2.32. The zero-order chi connectivity index (χ0) is 22.5. The van der Waals surface area contributed by atoms with E-state index in [-0.39, 0.29) is 29.8 Å². The number of hydrogen-bond donors (Lipinski definition) is 1. The quantitative estimate of drug-likeness (QED) is 0.511. The average molecular weight is 451 g/mol. The third-order valence-electron chi connectivity index (χ3n) is 5.86. The summed E-state index contributed by atoms with van der Waals surface area (Å²) in [6.45, 7) is 1.93. The Morgan fingerprint density at radius 1 is 1.09 bits per heavy atom. The molecule has 1 saturated carbocycles. The van der Waals surface area contributed by atoms with Crippen molar-refractivity contribution in [2.75, 3.05) is 4.90 Å². The number of anilines is 1. The summed E-state index contributed by atoms with van der Waals surface area (Å²) in [7, 11) is 0. The minimum absolute atomic E-state index is 0.0588. The van der Waals surface area contributed by atoms with Gasteiger partial charge in [0.2, 0.25) is 11.8 Å². The van der Waals surface area contributed by atoms with Crippen molar-refractivity contribution in [1.82, 2.24) is 5.32 Å². The van der Waals surface area contributed by atoms with Crippen LogP contribution in [-0.2, 0) is 16.0 Å². The van der Waals surface area contributed by atoms with Crippen LogP contribution in [0.5, 0.6) is 0 Å². The molecule has 1 unspecified atom stereocenters. The predicted molar refractivity (Wildman–Crippen MR) is 126 cm³/mol. The molecule has 4 rings (SSSR count). The molecule has 1 atom stereocenters. The SMILES string of the molecule is Cc1cccc(N(C(=O)Cc2cccs2)C(C(=O)NC2CCCC2)c2ccccc2F)c1. The van der Waals surface area contributed by atoms with Crippen LogP contribution in [0.4, 0.5) is 10.1 Å². The zero-order valence-corrected chi connectivity index (χ0v) is 18.9. The van der Waals surface area contributed by atoms with Gasteiger partial charge in [-0.1, -0.05) is 49.2 Å². The number of hydrogen-bond acceptors (Lipinski definition) is 3. The summed E-state index contributed by atoms with van der Waals surface area (Å²) in [6.07, 6.45) is 4.09. The lowest BCUT2D eigenvalue weighted by atomic mass is 10.0. The van der Waals surface area contributed by atoms with Gasteiger partial charge in [-0.25, -0.2) is 4.39 Å². The standard InChI is InChI=1S/C26H27FN2O2S/c1-18-8-6-11-20(16-18)29(24(30)17-21-12-7-15-32-21)25(22-13-4-5-14-23(22)27)26(31)28-19-9-2-3-10-19/h4-8,11-16,19,25H,2-3,9-10,17H2,1H3,(H,28,31). The summed E-state index contributed by atoms with van der Waals surface area (Å²) in [4.78, 5) is 29.6. The normalized spacial score (nSPS) is 14.8. The zero-order valence-electron chi connectivity index (χ0n) is 18.1. The van der Waals surface area contributed by atoms with Crippen molar-refractivity contribution in [2.45, 2.75) is 51.1 Å². The van der Waals surface area contributed by atoms with Gasteiger partial charge < -0.3 is 5.32 Å². The van der Waals surface area contributed by atoms with Crippen LogP contribution in [0.2, 0.25) is 0 Å². The number of carbonyl (C=O) groups excluding carboxylic acids is 2. The van der Waals surface area contributed by atoms with Crippen LogP contribution in [-0.4, -0.2) is 17.9 Å². The number of aryl methyl sites for hydroxylation is 1. The van der Waals surface area contributed by atoms with Crippen molar-refractivity contribution < 1.29 is 14.0 Å². The van der Waals surface area contributed by atoms with Gasteiger partial charge in [-0.2, -0.15) is 0 Å². The topological polar surface area (TPSA) is 49.4 Å². The molecule has 0 aliphatic heterocycles. The minimum Gasteiger partial charge on any atom is -0.351 e. The van der Waals surface area contributed by atoms with Crippen LogP contribution in [0.3, 0.4) is 0 Å². The highest BCUT2D eigenvalue weighted by Crippen LogP contribution is 2.32. The number of rotatable bonds is 7. The van der Waals surface area contributed by atoms with E-state index in [0.29, 0.717) is 5.69 Å². The molecule has 166 valence electrons. The van der Waals surface area contributed by atoms with Crippen LogP contribution in [0.15, 0.2) is 66.0 Å². The van der Waals surface area contributed by atoms with E-state index in [4.69, 9.17) is 0 Å². The second-order valence-electron chi connectivity index (χ2n) is 8.27. The maximum Gasteiger partial charge on any atom is 0.248 e. The Morgan fingerprint density at radius 3 is 2.56 bits per heavy atom. The molecular weight excluding hydrogens is 423 g/mol. The number of halogens is 1. The predicted octanol–water partition coefficient (Wildman–Crippen LogP) is 5.57. The first kappa shape index (κ1) is 22.2. The molecule has 1 aromatic heterocycles. The fourth-order valence-corrected chi connectivity index (χ4v) is 5.00. The highest BCUT2D eigenvalue weighted by atomic mass is 32.1. The molecule has 4 nitrogen and oxygen atoms in total. The van der Waals surface area contributed by atoms with Crippen LogP contribution in [0, 0.1) is 12.7 Å². The molecule has 0 saturated heterocycles. The Hall–Kier alpha value is -2.99. The van der Waals surface area contributed by atoms with E-state index >= 15 is 0 Å². The third-order valence-corrected chi connectivity index (χ3v) is 6.74. The van der Waals surface area contributed by atoms with Crippen LogP contribution in [0.1, 0.15) is 47.7 Å². The molecule has 1 fully saturated rings. The van der Waals surface area contributed by atoms with Crippen molar-refractivity contribution in [3.8, 4) is 0 Å². The first-order chi connectivity index (χ1) is 15.5. The van der Waals surface area contributed by atoms with Gasteiger partial charge >= 0.3 is 0 Å². The fraction of sp³-hybridized carbons (Fsp3) is 0.308. The van der Waals surface area contributed by atoms with Crippen molar-refractivity contribution in [3.05, 3.63) is 87.9 Å². The van der Waals surface area contributed by atoms with Crippen LogP contribution >= 0.6 is 11.3 Å². The Labute approximate surface area is 192 Å². The van der Waals surface area contributed by atoms with E-state index in [1.54, 1.807) is 24.3 Å². The molecular formula is C26H27FN2O2S. The Balaban J connectivity index is 1.78. The minimum atomic E-state index is -1.09. The molecule has 3 aromatic rings. The van der Waals surface area contributed by atoms with E-state index in [0.717, 1.165) is 36.1 Å². The average Bonchev–Trinajstić information content (AvgIpc) is 3.47. The Kier molecular flexibility index (Phi) is 7.00. The van der Waals surface area contributed by atoms with Crippen molar-refractivity contribution >= 4 is 28.8 Å². The number of nitrogens with zero attached hydrogens (tertiary/aromatic N) is 1. The van der Waals surface area contributed by atoms with E-state index in [1.807, 2.05) is 42.6 Å². The molecule has 6 heteroatoms. The Bertz CT molecular complexity index is 1080. The number of amides is 2. The molecule has 32 heavy (non-hydrogen) atoms. The maximum absolute atomic E-state index is 15.0. The number of benzene rings is 2. The van der Waals surface area contributed by atoms with Gasteiger partial charge in [0.05, 0.1) is 6.42 Å².